The van der Waals surface area contributed by atoms with Crippen molar-refractivity contribution in [1.82, 2.24) is 14.3 Å². The highest BCUT2D eigenvalue weighted by atomic mass is 79.9. The average molecular weight is 298 g/mol. The number of aryl methyl sites for hydroxylation is 1. The van der Waals surface area contributed by atoms with Crippen molar-refractivity contribution >= 4 is 15.9 Å². The van der Waals surface area contributed by atoms with Gasteiger partial charge in [0.1, 0.15) is 12.1 Å². The van der Waals surface area contributed by atoms with Crippen molar-refractivity contribution in [2.24, 2.45) is 7.05 Å². The van der Waals surface area contributed by atoms with Gasteiger partial charge < -0.3 is 4.74 Å². The number of hydrogen-bond donors (Lipinski definition) is 0. The number of aromatic nitrogens is 3. The van der Waals surface area contributed by atoms with Crippen LogP contribution in [0.2, 0.25) is 0 Å². The van der Waals surface area contributed by atoms with Crippen LogP contribution in [0, 0.1) is 0 Å². The lowest BCUT2D eigenvalue weighted by Crippen LogP contribution is -2.23. The SMILES string of the molecule is COc1ccc(Cn2ncn(C)c2=O)cc1Br. The van der Waals surface area contributed by atoms with Gasteiger partial charge in [-0.3, -0.25) is 4.57 Å². The van der Waals surface area contributed by atoms with Gasteiger partial charge >= 0.3 is 5.69 Å². The van der Waals surface area contributed by atoms with E-state index in [0.29, 0.717) is 6.54 Å². The Balaban J connectivity index is 2.28. The van der Waals surface area contributed by atoms with Crippen molar-refractivity contribution in [1.29, 1.82) is 0 Å². The smallest absolute Gasteiger partial charge is 0.345 e. The van der Waals surface area contributed by atoms with Crippen LogP contribution in [0.15, 0.2) is 33.8 Å². The molecule has 0 spiro atoms. The number of halogens is 1. The normalized spacial score (nSPS) is 10.5. The van der Waals surface area contributed by atoms with Crippen molar-refractivity contribution in [3.63, 3.8) is 0 Å². The van der Waals surface area contributed by atoms with Crippen molar-refractivity contribution in [3.05, 3.63) is 45.0 Å². The molecule has 0 radical (unpaired) electrons. The van der Waals surface area contributed by atoms with E-state index in [4.69, 9.17) is 4.74 Å². The third-order valence-electron chi connectivity index (χ3n) is 2.44. The maximum absolute atomic E-state index is 11.6. The van der Waals surface area contributed by atoms with E-state index in [0.717, 1.165) is 15.8 Å². The molecule has 0 atom stereocenters. The van der Waals surface area contributed by atoms with E-state index >= 15 is 0 Å². The molecule has 0 saturated carbocycles. The van der Waals surface area contributed by atoms with Crippen LogP contribution in [0.3, 0.4) is 0 Å². The van der Waals surface area contributed by atoms with Gasteiger partial charge in [0.05, 0.1) is 18.1 Å². The Labute approximate surface area is 107 Å². The molecule has 0 N–H and O–H groups in total. The number of benzene rings is 1. The summed E-state index contributed by atoms with van der Waals surface area (Å²) in [6.45, 7) is 0.447. The molecule has 5 nitrogen and oxygen atoms in total. The molecule has 6 heteroatoms. The molecule has 2 aromatic rings. The second kappa shape index (κ2) is 4.75. The summed E-state index contributed by atoms with van der Waals surface area (Å²) < 4.78 is 8.86. The standard InChI is InChI=1S/C11H12BrN3O2/c1-14-7-13-15(11(14)16)6-8-3-4-10(17-2)9(12)5-8/h3-5,7H,6H2,1-2H3. The van der Waals surface area contributed by atoms with Crippen molar-refractivity contribution in [2.45, 2.75) is 6.54 Å². The summed E-state index contributed by atoms with van der Waals surface area (Å²) in [4.78, 5) is 11.6. The molecule has 0 aliphatic carbocycles. The third-order valence-corrected chi connectivity index (χ3v) is 3.06. The van der Waals surface area contributed by atoms with E-state index in [9.17, 15) is 4.79 Å². The average Bonchev–Trinajstić information content (AvgIpc) is 2.61. The van der Waals surface area contributed by atoms with Gasteiger partial charge in [-0.15, -0.1) is 0 Å². The third kappa shape index (κ3) is 2.41. The quantitative estimate of drug-likeness (QED) is 0.860. The molecule has 90 valence electrons. The number of ether oxygens (including phenoxy) is 1. The zero-order valence-electron chi connectivity index (χ0n) is 9.55. The van der Waals surface area contributed by atoms with E-state index < -0.39 is 0 Å². The minimum Gasteiger partial charge on any atom is -0.496 e. The molecular formula is C11H12BrN3O2. The van der Waals surface area contributed by atoms with Gasteiger partial charge in [0, 0.05) is 7.05 Å². The maximum Gasteiger partial charge on any atom is 0.345 e. The molecule has 0 aliphatic rings. The van der Waals surface area contributed by atoms with Gasteiger partial charge in [-0.2, -0.15) is 5.10 Å². The van der Waals surface area contributed by atoms with E-state index in [1.807, 2.05) is 18.2 Å². The lowest BCUT2D eigenvalue weighted by Gasteiger charge is -2.05. The fourth-order valence-electron chi connectivity index (χ4n) is 1.51. The molecule has 2 rings (SSSR count). The van der Waals surface area contributed by atoms with Crippen LogP contribution in [-0.4, -0.2) is 21.5 Å². The second-order valence-corrected chi connectivity index (χ2v) is 4.51. The first-order valence-electron chi connectivity index (χ1n) is 5.02. The van der Waals surface area contributed by atoms with Crippen LogP contribution in [0.1, 0.15) is 5.56 Å². The maximum atomic E-state index is 11.6. The summed E-state index contributed by atoms with van der Waals surface area (Å²) in [5.74, 6) is 0.766. The molecule has 1 heterocycles. The molecular weight excluding hydrogens is 286 g/mol. The van der Waals surface area contributed by atoms with Crippen molar-refractivity contribution in [2.75, 3.05) is 7.11 Å². The molecule has 0 bridgehead atoms. The minimum absolute atomic E-state index is 0.128. The molecule has 0 fully saturated rings. The summed E-state index contributed by atoms with van der Waals surface area (Å²) in [7, 11) is 3.29. The van der Waals surface area contributed by atoms with E-state index in [-0.39, 0.29) is 5.69 Å². The topological polar surface area (TPSA) is 49.0 Å². The summed E-state index contributed by atoms with van der Waals surface area (Å²) >= 11 is 3.41. The Morgan fingerprint density at radius 1 is 1.47 bits per heavy atom. The van der Waals surface area contributed by atoms with Crippen LogP contribution < -0.4 is 10.4 Å². The second-order valence-electron chi connectivity index (χ2n) is 3.65. The van der Waals surface area contributed by atoms with Crippen LogP contribution >= 0.6 is 15.9 Å². The molecule has 17 heavy (non-hydrogen) atoms. The first kappa shape index (κ1) is 11.9. The van der Waals surface area contributed by atoms with Gasteiger partial charge in [0.2, 0.25) is 0 Å². The number of nitrogens with zero attached hydrogens (tertiary/aromatic N) is 3. The Kier molecular flexibility index (Phi) is 3.33. The van der Waals surface area contributed by atoms with Crippen LogP contribution in [-0.2, 0) is 13.6 Å². The van der Waals surface area contributed by atoms with Crippen LogP contribution in [0.5, 0.6) is 5.75 Å². The predicted octanol–water partition coefficient (Wildman–Crippen LogP) is 1.40. The molecule has 0 aliphatic heterocycles. The van der Waals surface area contributed by atoms with Gasteiger partial charge in [0.15, 0.2) is 0 Å². The van der Waals surface area contributed by atoms with Crippen molar-refractivity contribution in [3.8, 4) is 5.75 Å². The highest BCUT2D eigenvalue weighted by Gasteiger charge is 2.05. The summed E-state index contributed by atoms with van der Waals surface area (Å²) in [6.07, 6.45) is 1.50. The first-order chi connectivity index (χ1) is 8.11. The van der Waals surface area contributed by atoms with E-state index in [1.165, 1.54) is 15.6 Å². The van der Waals surface area contributed by atoms with Crippen LogP contribution in [0.4, 0.5) is 0 Å². The zero-order valence-corrected chi connectivity index (χ0v) is 11.1. The molecule has 0 amide bonds. The summed E-state index contributed by atoms with van der Waals surface area (Å²) in [6, 6.07) is 5.68. The molecule has 1 aromatic heterocycles. The van der Waals surface area contributed by atoms with E-state index in [2.05, 4.69) is 21.0 Å². The summed E-state index contributed by atoms with van der Waals surface area (Å²) in [5, 5.41) is 4.00. The molecule has 1 aromatic carbocycles. The Hall–Kier alpha value is -1.56. The summed E-state index contributed by atoms with van der Waals surface area (Å²) in [5.41, 5.74) is 0.857. The van der Waals surface area contributed by atoms with Gasteiger partial charge in [-0.1, -0.05) is 6.07 Å². The lowest BCUT2D eigenvalue weighted by atomic mass is 10.2. The van der Waals surface area contributed by atoms with Gasteiger partial charge in [-0.05, 0) is 33.6 Å². The Morgan fingerprint density at radius 3 is 2.76 bits per heavy atom. The Morgan fingerprint density at radius 2 is 2.24 bits per heavy atom. The molecule has 0 saturated heterocycles. The van der Waals surface area contributed by atoms with Crippen LogP contribution in [0.25, 0.3) is 0 Å². The van der Waals surface area contributed by atoms with Crippen molar-refractivity contribution < 1.29 is 4.74 Å². The highest BCUT2D eigenvalue weighted by molar-refractivity contribution is 9.10. The fraction of sp³-hybridized carbons (Fsp3) is 0.273. The zero-order chi connectivity index (χ0) is 12.4. The number of hydrogen-bond acceptors (Lipinski definition) is 3. The van der Waals surface area contributed by atoms with Gasteiger partial charge in [-0.25, -0.2) is 9.48 Å². The Bertz CT molecular complexity index is 589. The largest absolute Gasteiger partial charge is 0.496 e. The number of rotatable bonds is 3. The fourth-order valence-corrected chi connectivity index (χ4v) is 2.10. The monoisotopic (exact) mass is 297 g/mol. The number of methoxy groups -OCH3 is 1. The first-order valence-corrected chi connectivity index (χ1v) is 5.82. The lowest BCUT2D eigenvalue weighted by molar-refractivity contribution is 0.412. The minimum atomic E-state index is -0.128. The molecule has 0 unspecified atom stereocenters. The highest BCUT2D eigenvalue weighted by Crippen LogP contribution is 2.25. The van der Waals surface area contributed by atoms with Gasteiger partial charge in [0.25, 0.3) is 0 Å². The predicted molar refractivity (Wildman–Crippen MR) is 67.3 cm³/mol. The van der Waals surface area contributed by atoms with E-state index in [1.54, 1.807) is 14.2 Å².